The van der Waals surface area contributed by atoms with Crippen LogP contribution in [0.3, 0.4) is 0 Å². The van der Waals surface area contributed by atoms with Crippen molar-refractivity contribution in [2.24, 2.45) is 23.5 Å². The van der Waals surface area contributed by atoms with Gasteiger partial charge in [-0.15, -0.1) is 0 Å². The van der Waals surface area contributed by atoms with Crippen molar-refractivity contribution in [1.82, 2.24) is 4.90 Å². The van der Waals surface area contributed by atoms with Gasteiger partial charge < -0.3 is 5.73 Å². The van der Waals surface area contributed by atoms with Crippen molar-refractivity contribution in [3.05, 3.63) is 0 Å². The van der Waals surface area contributed by atoms with Gasteiger partial charge in [-0.3, -0.25) is 4.90 Å². The topological polar surface area (TPSA) is 29.3 Å². The third kappa shape index (κ3) is 3.08. The lowest BCUT2D eigenvalue weighted by Crippen LogP contribution is -2.55. The van der Waals surface area contributed by atoms with E-state index in [9.17, 15) is 0 Å². The number of hydrogen-bond acceptors (Lipinski definition) is 2. The molecule has 0 bridgehead atoms. The molecule has 0 aromatic rings. The minimum atomic E-state index is 0.350. The molecule has 0 aromatic carbocycles. The fourth-order valence-corrected chi connectivity index (χ4v) is 4.30. The summed E-state index contributed by atoms with van der Waals surface area (Å²) in [7, 11) is 0. The maximum Gasteiger partial charge on any atom is 0.0334 e. The van der Waals surface area contributed by atoms with Gasteiger partial charge in [0, 0.05) is 18.6 Å². The number of hydrogen-bond donors (Lipinski definition) is 1. The Morgan fingerprint density at radius 1 is 1.33 bits per heavy atom. The molecular formula is C16H32N2. The molecule has 0 amide bonds. The Kier molecular flexibility index (Phi) is 4.71. The maximum absolute atomic E-state index is 6.21. The lowest BCUT2D eigenvalue weighted by atomic mass is 9.72. The van der Waals surface area contributed by atoms with E-state index in [2.05, 4.69) is 25.7 Å². The van der Waals surface area contributed by atoms with E-state index in [1.54, 1.807) is 0 Å². The number of nitrogens with two attached hydrogens (primary N) is 1. The molecule has 0 spiro atoms. The highest BCUT2D eigenvalue weighted by Gasteiger charge is 2.42. The fourth-order valence-electron chi connectivity index (χ4n) is 4.30. The predicted molar refractivity (Wildman–Crippen MR) is 78.6 cm³/mol. The predicted octanol–water partition coefficient (Wildman–Crippen LogP) is 3.26. The summed E-state index contributed by atoms with van der Waals surface area (Å²) in [5.74, 6) is 2.62. The van der Waals surface area contributed by atoms with Gasteiger partial charge in [-0.05, 0) is 50.0 Å². The van der Waals surface area contributed by atoms with Crippen molar-refractivity contribution in [2.75, 3.05) is 19.6 Å². The molecule has 2 N–H and O–H groups in total. The molecule has 106 valence electrons. The van der Waals surface area contributed by atoms with Gasteiger partial charge in [0.05, 0.1) is 0 Å². The SMILES string of the molecule is CC(C)CC1CCCC(CN)(N2CCC(C)C2)C1. The molecule has 1 aliphatic carbocycles. The molecule has 1 heterocycles. The second-order valence-electron chi connectivity index (χ2n) is 7.36. The Morgan fingerprint density at radius 3 is 2.67 bits per heavy atom. The highest BCUT2D eigenvalue weighted by molar-refractivity contribution is 4.98. The summed E-state index contributed by atoms with van der Waals surface area (Å²) in [6.07, 6.45) is 8.28. The summed E-state index contributed by atoms with van der Waals surface area (Å²) < 4.78 is 0. The molecule has 2 aliphatic rings. The van der Waals surface area contributed by atoms with E-state index in [1.165, 1.54) is 51.6 Å². The molecule has 2 heteroatoms. The number of nitrogens with zero attached hydrogens (tertiary/aromatic N) is 1. The third-order valence-corrected chi connectivity index (χ3v) is 5.20. The third-order valence-electron chi connectivity index (χ3n) is 5.20. The van der Waals surface area contributed by atoms with Crippen molar-refractivity contribution in [3.8, 4) is 0 Å². The van der Waals surface area contributed by atoms with Crippen molar-refractivity contribution >= 4 is 0 Å². The van der Waals surface area contributed by atoms with Crippen LogP contribution in [-0.2, 0) is 0 Å². The molecule has 2 rings (SSSR count). The van der Waals surface area contributed by atoms with Crippen molar-refractivity contribution in [3.63, 3.8) is 0 Å². The average Bonchev–Trinajstić information content (AvgIpc) is 2.76. The van der Waals surface area contributed by atoms with Crippen LogP contribution in [0.2, 0.25) is 0 Å². The van der Waals surface area contributed by atoms with Gasteiger partial charge >= 0.3 is 0 Å². The zero-order valence-electron chi connectivity index (χ0n) is 12.6. The van der Waals surface area contributed by atoms with E-state index in [0.29, 0.717) is 5.54 Å². The summed E-state index contributed by atoms with van der Waals surface area (Å²) in [5.41, 5.74) is 6.56. The van der Waals surface area contributed by atoms with E-state index >= 15 is 0 Å². The van der Waals surface area contributed by atoms with Gasteiger partial charge in [0.1, 0.15) is 0 Å². The summed E-state index contributed by atoms with van der Waals surface area (Å²) in [6, 6.07) is 0. The molecular weight excluding hydrogens is 220 g/mol. The van der Waals surface area contributed by atoms with Crippen LogP contribution in [0.25, 0.3) is 0 Å². The van der Waals surface area contributed by atoms with Gasteiger partial charge in [0.15, 0.2) is 0 Å². The molecule has 1 saturated heterocycles. The van der Waals surface area contributed by atoms with E-state index in [4.69, 9.17) is 5.73 Å². The molecule has 3 atom stereocenters. The standard InChI is InChI=1S/C16H32N2/c1-13(2)9-15-5-4-7-16(10-15,12-17)18-8-6-14(3)11-18/h13-15H,4-12,17H2,1-3H3. The lowest BCUT2D eigenvalue weighted by Gasteiger charge is -2.47. The summed E-state index contributed by atoms with van der Waals surface area (Å²) in [6.45, 7) is 10.5. The zero-order chi connectivity index (χ0) is 13.2. The summed E-state index contributed by atoms with van der Waals surface area (Å²) >= 11 is 0. The van der Waals surface area contributed by atoms with Crippen LogP contribution in [0.5, 0.6) is 0 Å². The van der Waals surface area contributed by atoms with Crippen LogP contribution in [0.15, 0.2) is 0 Å². The second-order valence-corrected chi connectivity index (χ2v) is 7.36. The Hall–Kier alpha value is -0.0800. The van der Waals surface area contributed by atoms with E-state index < -0.39 is 0 Å². The first-order valence-electron chi connectivity index (χ1n) is 8.01. The Bertz CT molecular complexity index is 264. The number of likely N-dealkylation sites (tertiary alicyclic amines) is 1. The van der Waals surface area contributed by atoms with E-state index in [1.807, 2.05) is 0 Å². The molecule has 18 heavy (non-hydrogen) atoms. The lowest BCUT2D eigenvalue weighted by molar-refractivity contribution is 0.0478. The normalized spacial score (nSPS) is 38.5. The first-order chi connectivity index (χ1) is 8.55. The molecule has 2 fully saturated rings. The largest absolute Gasteiger partial charge is 0.329 e. The Morgan fingerprint density at radius 2 is 2.11 bits per heavy atom. The molecule has 2 nitrogen and oxygen atoms in total. The van der Waals surface area contributed by atoms with Crippen molar-refractivity contribution < 1.29 is 0 Å². The van der Waals surface area contributed by atoms with Crippen molar-refractivity contribution in [1.29, 1.82) is 0 Å². The summed E-state index contributed by atoms with van der Waals surface area (Å²) in [5, 5.41) is 0. The van der Waals surface area contributed by atoms with Crippen molar-refractivity contribution in [2.45, 2.75) is 64.8 Å². The first kappa shape index (κ1) is 14.3. The van der Waals surface area contributed by atoms with Gasteiger partial charge in [-0.1, -0.05) is 33.6 Å². The fraction of sp³-hybridized carbons (Fsp3) is 1.00. The quantitative estimate of drug-likeness (QED) is 0.832. The minimum absolute atomic E-state index is 0.350. The Labute approximate surface area is 113 Å². The molecule has 0 aromatic heterocycles. The molecule has 1 aliphatic heterocycles. The second kappa shape index (κ2) is 5.92. The minimum Gasteiger partial charge on any atom is -0.329 e. The van der Waals surface area contributed by atoms with Crippen LogP contribution in [0.4, 0.5) is 0 Å². The van der Waals surface area contributed by atoms with Gasteiger partial charge in [0.2, 0.25) is 0 Å². The molecule has 1 saturated carbocycles. The maximum atomic E-state index is 6.21. The van der Waals surface area contributed by atoms with E-state index in [-0.39, 0.29) is 0 Å². The van der Waals surface area contributed by atoms with Crippen LogP contribution in [0, 0.1) is 17.8 Å². The van der Waals surface area contributed by atoms with Crippen LogP contribution >= 0.6 is 0 Å². The van der Waals surface area contributed by atoms with Crippen LogP contribution in [0.1, 0.15) is 59.3 Å². The number of rotatable bonds is 4. The van der Waals surface area contributed by atoms with Gasteiger partial charge in [-0.2, -0.15) is 0 Å². The molecule has 0 radical (unpaired) electrons. The van der Waals surface area contributed by atoms with Gasteiger partial charge in [0.25, 0.3) is 0 Å². The highest BCUT2D eigenvalue weighted by atomic mass is 15.2. The molecule has 3 unspecified atom stereocenters. The summed E-state index contributed by atoms with van der Waals surface area (Å²) in [4.78, 5) is 2.74. The monoisotopic (exact) mass is 252 g/mol. The average molecular weight is 252 g/mol. The van der Waals surface area contributed by atoms with E-state index in [0.717, 1.165) is 24.3 Å². The first-order valence-corrected chi connectivity index (χ1v) is 8.01. The zero-order valence-corrected chi connectivity index (χ0v) is 12.6. The highest BCUT2D eigenvalue weighted by Crippen LogP contribution is 2.41. The van der Waals surface area contributed by atoms with Crippen LogP contribution < -0.4 is 5.73 Å². The Balaban J connectivity index is 2.02. The smallest absolute Gasteiger partial charge is 0.0334 e. The van der Waals surface area contributed by atoms with Gasteiger partial charge in [-0.25, -0.2) is 0 Å². The van der Waals surface area contributed by atoms with Crippen LogP contribution in [-0.4, -0.2) is 30.1 Å².